The lowest BCUT2D eigenvalue weighted by molar-refractivity contribution is -0.121. The van der Waals surface area contributed by atoms with Crippen molar-refractivity contribution < 1.29 is 19.1 Å². The molecule has 0 saturated heterocycles. The molecule has 0 aliphatic carbocycles. The highest BCUT2D eigenvalue weighted by molar-refractivity contribution is 5.75. The van der Waals surface area contributed by atoms with Crippen LogP contribution in [-0.2, 0) is 9.53 Å². The van der Waals surface area contributed by atoms with Crippen molar-refractivity contribution in [3.8, 4) is 5.75 Å². The van der Waals surface area contributed by atoms with E-state index in [2.05, 4.69) is 16.7 Å². The van der Waals surface area contributed by atoms with E-state index < -0.39 is 11.7 Å². The predicted octanol–water partition coefficient (Wildman–Crippen LogP) is 3.10. The van der Waals surface area contributed by atoms with Gasteiger partial charge < -0.3 is 20.1 Å². The second-order valence-electron chi connectivity index (χ2n) is 7.00. The quantitative estimate of drug-likeness (QED) is 0.706. The third kappa shape index (κ3) is 9.59. The lowest BCUT2D eigenvalue weighted by Crippen LogP contribution is -2.33. The van der Waals surface area contributed by atoms with Gasteiger partial charge in [-0.1, -0.05) is 17.7 Å². The van der Waals surface area contributed by atoms with Gasteiger partial charge in [-0.25, -0.2) is 4.79 Å². The number of carbonyl (C=O) groups is 2. The van der Waals surface area contributed by atoms with Crippen molar-refractivity contribution in [1.29, 1.82) is 0 Å². The van der Waals surface area contributed by atoms with Crippen LogP contribution in [-0.4, -0.2) is 37.3 Å². The fourth-order valence-corrected chi connectivity index (χ4v) is 2.15. The molecule has 0 atom stereocenters. The summed E-state index contributed by atoms with van der Waals surface area (Å²) in [4.78, 5) is 23.2. The number of hydrogen-bond acceptors (Lipinski definition) is 4. The molecular formula is C19H30N2O4. The Balaban J connectivity index is 2.10. The van der Waals surface area contributed by atoms with E-state index in [1.807, 2.05) is 26.0 Å². The van der Waals surface area contributed by atoms with E-state index in [0.29, 0.717) is 32.5 Å². The summed E-state index contributed by atoms with van der Waals surface area (Å²) in [5.41, 5.74) is 1.76. The summed E-state index contributed by atoms with van der Waals surface area (Å²) >= 11 is 0. The molecule has 0 spiro atoms. The van der Waals surface area contributed by atoms with E-state index in [0.717, 1.165) is 11.3 Å². The molecule has 0 heterocycles. The molecule has 0 aliphatic rings. The van der Waals surface area contributed by atoms with Gasteiger partial charge in [0.2, 0.25) is 5.91 Å². The van der Waals surface area contributed by atoms with Crippen molar-refractivity contribution in [2.45, 2.75) is 53.1 Å². The van der Waals surface area contributed by atoms with Gasteiger partial charge >= 0.3 is 6.09 Å². The van der Waals surface area contributed by atoms with Crippen molar-refractivity contribution in [3.63, 3.8) is 0 Å². The van der Waals surface area contributed by atoms with E-state index in [-0.39, 0.29) is 5.91 Å². The summed E-state index contributed by atoms with van der Waals surface area (Å²) in [5.74, 6) is 0.775. The molecule has 6 nitrogen and oxygen atoms in total. The Hall–Kier alpha value is -2.24. The second-order valence-corrected chi connectivity index (χ2v) is 7.00. The van der Waals surface area contributed by atoms with Gasteiger partial charge in [0.1, 0.15) is 18.0 Å². The molecule has 6 heteroatoms. The van der Waals surface area contributed by atoms with E-state index in [9.17, 15) is 9.59 Å². The van der Waals surface area contributed by atoms with Crippen molar-refractivity contribution in [3.05, 3.63) is 29.3 Å². The first-order chi connectivity index (χ1) is 11.7. The van der Waals surface area contributed by atoms with Crippen LogP contribution in [0.2, 0.25) is 0 Å². The van der Waals surface area contributed by atoms with Gasteiger partial charge in [-0.2, -0.15) is 0 Å². The summed E-state index contributed by atoms with van der Waals surface area (Å²) in [6.45, 7) is 10.7. The summed E-state index contributed by atoms with van der Waals surface area (Å²) in [5, 5.41) is 5.43. The Morgan fingerprint density at radius 1 is 1.08 bits per heavy atom. The highest BCUT2D eigenvalue weighted by atomic mass is 16.6. The van der Waals surface area contributed by atoms with Crippen molar-refractivity contribution in [2.24, 2.45) is 0 Å². The number of amides is 2. The molecule has 0 fully saturated rings. The maximum Gasteiger partial charge on any atom is 0.407 e. The van der Waals surface area contributed by atoms with E-state index >= 15 is 0 Å². The molecule has 1 rings (SSSR count). The molecule has 25 heavy (non-hydrogen) atoms. The topological polar surface area (TPSA) is 76.7 Å². The molecule has 1 aromatic rings. The van der Waals surface area contributed by atoms with E-state index in [4.69, 9.17) is 9.47 Å². The molecule has 2 amide bonds. The van der Waals surface area contributed by atoms with Crippen LogP contribution in [0.4, 0.5) is 4.79 Å². The zero-order chi connectivity index (χ0) is 18.9. The normalized spacial score (nSPS) is 10.9. The highest BCUT2D eigenvalue weighted by Gasteiger charge is 2.15. The lowest BCUT2D eigenvalue weighted by atomic mass is 10.1. The van der Waals surface area contributed by atoms with E-state index in [1.54, 1.807) is 20.8 Å². The number of alkyl carbamates (subject to hydrolysis) is 1. The Morgan fingerprint density at radius 2 is 1.80 bits per heavy atom. The smallest absolute Gasteiger partial charge is 0.407 e. The van der Waals surface area contributed by atoms with Gasteiger partial charge in [0.25, 0.3) is 0 Å². The Bertz CT molecular complexity index is 579. The van der Waals surface area contributed by atoms with Gasteiger partial charge in [0.15, 0.2) is 0 Å². The Kier molecular flexibility index (Phi) is 8.25. The van der Waals surface area contributed by atoms with Crippen LogP contribution in [0.3, 0.4) is 0 Å². The number of aryl methyl sites for hydroxylation is 2. The third-order valence-corrected chi connectivity index (χ3v) is 3.26. The summed E-state index contributed by atoms with van der Waals surface area (Å²) in [6.07, 6.45) is 0.442. The molecule has 0 aliphatic heterocycles. The summed E-state index contributed by atoms with van der Waals surface area (Å²) in [7, 11) is 0. The maximum atomic E-state index is 11.7. The van der Waals surface area contributed by atoms with E-state index in [1.165, 1.54) is 5.56 Å². The molecule has 2 N–H and O–H groups in total. The molecule has 140 valence electrons. The molecular weight excluding hydrogens is 320 g/mol. The van der Waals surface area contributed by atoms with Crippen molar-refractivity contribution >= 4 is 12.0 Å². The minimum atomic E-state index is -0.517. The second kappa shape index (κ2) is 9.91. The molecule has 0 bridgehead atoms. The maximum absolute atomic E-state index is 11.7. The lowest BCUT2D eigenvalue weighted by Gasteiger charge is -2.19. The number of carbonyl (C=O) groups excluding carboxylic acids is 2. The van der Waals surface area contributed by atoms with Crippen LogP contribution < -0.4 is 15.4 Å². The minimum Gasteiger partial charge on any atom is -0.491 e. The fraction of sp³-hybridized carbons (Fsp3) is 0.579. The standard InChI is InChI=1S/C19H30N2O4/c1-14-8-9-16(15(2)13-14)24-12-11-20-17(22)7-6-10-21-18(23)25-19(3,4)5/h8-9,13H,6-7,10-12H2,1-5H3,(H,20,22)(H,21,23). The van der Waals surface area contributed by atoms with Gasteiger partial charge in [0.05, 0.1) is 6.54 Å². The summed E-state index contributed by atoms with van der Waals surface area (Å²) in [6, 6.07) is 6.00. The first kappa shape index (κ1) is 20.8. The van der Waals surface area contributed by atoms with Gasteiger partial charge in [0, 0.05) is 13.0 Å². The van der Waals surface area contributed by atoms with Gasteiger partial charge in [-0.15, -0.1) is 0 Å². The van der Waals surface area contributed by atoms with Crippen LogP contribution in [0.15, 0.2) is 18.2 Å². The predicted molar refractivity (Wildman–Crippen MR) is 97.9 cm³/mol. The van der Waals surface area contributed by atoms with Gasteiger partial charge in [-0.05, 0) is 52.7 Å². The minimum absolute atomic E-state index is 0.0600. The van der Waals surface area contributed by atoms with Crippen LogP contribution >= 0.6 is 0 Å². The molecule has 0 saturated carbocycles. The van der Waals surface area contributed by atoms with Crippen molar-refractivity contribution in [2.75, 3.05) is 19.7 Å². The van der Waals surface area contributed by atoms with Crippen LogP contribution in [0, 0.1) is 13.8 Å². The largest absolute Gasteiger partial charge is 0.491 e. The number of nitrogens with one attached hydrogen (secondary N) is 2. The van der Waals surface area contributed by atoms with Crippen LogP contribution in [0.5, 0.6) is 5.75 Å². The van der Waals surface area contributed by atoms with Crippen LogP contribution in [0.1, 0.15) is 44.7 Å². The summed E-state index contributed by atoms with van der Waals surface area (Å²) < 4.78 is 10.8. The monoisotopic (exact) mass is 350 g/mol. The molecule has 0 unspecified atom stereocenters. The van der Waals surface area contributed by atoms with Gasteiger partial charge in [-0.3, -0.25) is 4.79 Å². The number of benzene rings is 1. The highest BCUT2D eigenvalue weighted by Crippen LogP contribution is 2.18. The first-order valence-electron chi connectivity index (χ1n) is 8.61. The average molecular weight is 350 g/mol. The Labute approximate surface area is 150 Å². The molecule has 0 radical (unpaired) electrons. The third-order valence-electron chi connectivity index (χ3n) is 3.26. The SMILES string of the molecule is Cc1ccc(OCCNC(=O)CCCNC(=O)OC(C)(C)C)c(C)c1. The average Bonchev–Trinajstić information content (AvgIpc) is 2.48. The molecule has 0 aromatic heterocycles. The van der Waals surface area contributed by atoms with Crippen molar-refractivity contribution in [1.82, 2.24) is 10.6 Å². The first-order valence-corrected chi connectivity index (χ1v) is 8.61. The fourth-order valence-electron chi connectivity index (χ4n) is 2.15. The zero-order valence-electron chi connectivity index (χ0n) is 15.9. The molecule has 1 aromatic carbocycles. The zero-order valence-corrected chi connectivity index (χ0v) is 15.9. The Morgan fingerprint density at radius 3 is 2.44 bits per heavy atom. The number of rotatable bonds is 8. The number of hydrogen-bond donors (Lipinski definition) is 2. The van der Waals surface area contributed by atoms with Crippen LogP contribution in [0.25, 0.3) is 0 Å². The number of ether oxygens (including phenoxy) is 2.